The van der Waals surface area contributed by atoms with Crippen LogP contribution in [0.2, 0.25) is 0 Å². The Balaban J connectivity index is 2.27. The van der Waals surface area contributed by atoms with Crippen LogP contribution >= 0.6 is 0 Å². The number of aliphatic imine (C=N–C) groups is 1. The molecule has 0 radical (unpaired) electrons. The molecule has 1 aliphatic rings. The van der Waals surface area contributed by atoms with Crippen molar-refractivity contribution in [2.45, 2.75) is 13.3 Å². The summed E-state index contributed by atoms with van der Waals surface area (Å²) < 4.78 is 0. The lowest BCUT2D eigenvalue weighted by Gasteiger charge is -2.20. The fraction of sp³-hybridized carbons (Fsp3) is 0.545. The number of amidine groups is 1. The molecule has 0 spiro atoms. The van der Waals surface area contributed by atoms with E-state index in [9.17, 15) is 0 Å². The van der Waals surface area contributed by atoms with Gasteiger partial charge in [0.1, 0.15) is 5.84 Å². The van der Waals surface area contributed by atoms with Crippen molar-refractivity contribution in [1.82, 2.24) is 10.2 Å². The maximum Gasteiger partial charge on any atom is 0.103 e. The third-order valence-corrected chi connectivity index (χ3v) is 2.16. The summed E-state index contributed by atoms with van der Waals surface area (Å²) in [5.41, 5.74) is 1.02. The molecule has 0 fully saturated rings. The molecule has 3 heteroatoms. The van der Waals surface area contributed by atoms with Crippen LogP contribution in [0.5, 0.6) is 0 Å². The molecule has 1 N–H and O–H groups in total. The lowest BCUT2D eigenvalue weighted by Crippen LogP contribution is -2.34. The highest BCUT2D eigenvalue weighted by Crippen LogP contribution is 2.04. The Kier molecular flexibility index (Phi) is 4.23. The topological polar surface area (TPSA) is 27.6 Å². The Morgan fingerprint density at radius 1 is 1.71 bits per heavy atom. The molecular weight excluding hydrogens is 174 g/mol. The predicted octanol–water partition coefficient (Wildman–Crippen LogP) is 1.40. The van der Waals surface area contributed by atoms with Gasteiger partial charge in [-0.15, -0.1) is 6.58 Å². The average Bonchev–Trinajstić information content (AvgIpc) is 2.53. The molecule has 0 aromatic rings. The van der Waals surface area contributed by atoms with E-state index >= 15 is 0 Å². The van der Waals surface area contributed by atoms with Crippen molar-refractivity contribution in [3.05, 3.63) is 24.9 Å². The maximum atomic E-state index is 4.43. The number of nitrogens with one attached hydrogen (secondary N) is 1. The Bertz CT molecular complexity index is 243. The molecule has 0 aliphatic carbocycles. The standard InChI is InChI=1S/C11H19N3/c1-4-5-11-13-7-9-14(11)8-6-12-10(2)3/h4,12H,1-2,5-9H2,3H3. The van der Waals surface area contributed by atoms with Crippen molar-refractivity contribution in [2.75, 3.05) is 26.2 Å². The van der Waals surface area contributed by atoms with Crippen LogP contribution in [0.3, 0.4) is 0 Å². The van der Waals surface area contributed by atoms with Crippen LogP contribution in [-0.4, -0.2) is 36.9 Å². The van der Waals surface area contributed by atoms with Crippen molar-refractivity contribution in [1.29, 1.82) is 0 Å². The van der Waals surface area contributed by atoms with Crippen LogP contribution in [0, 0.1) is 0 Å². The van der Waals surface area contributed by atoms with E-state index < -0.39 is 0 Å². The highest BCUT2D eigenvalue weighted by molar-refractivity contribution is 5.84. The summed E-state index contributed by atoms with van der Waals surface area (Å²) >= 11 is 0. The summed E-state index contributed by atoms with van der Waals surface area (Å²) in [6, 6.07) is 0. The monoisotopic (exact) mass is 193 g/mol. The normalized spacial score (nSPS) is 15.2. The molecule has 1 rings (SSSR count). The third kappa shape index (κ3) is 3.24. The fourth-order valence-electron chi connectivity index (χ4n) is 1.50. The van der Waals surface area contributed by atoms with Crippen LogP contribution < -0.4 is 5.32 Å². The molecule has 0 aromatic carbocycles. The minimum absolute atomic E-state index is 0.882. The second kappa shape index (κ2) is 5.47. The largest absolute Gasteiger partial charge is 0.387 e. The van der Waals surface area contributed by atoms with Crippen molar-refractivity contribution in [3.8, 4) is 0 Å². The summed E-state index contributed by atoms with van der Waals surface area (Å²) in [5, 5.41) is 3.22. The van der Waals surface area contributed by atoms with Crippen molar-refractivity contribution >= 4 is 5.84 Å². The first-order chi connectivity index (χ1) is 6.74. The number of rotatable bonds is 6. The van der Waals surface area contributed by atoms with E-state index in [1.807, 2.05) is 13.0 Å². The summed E-state index contributed by atoms with van der Waals surface area (Å²) in [6.07, 6.45) is 2.79. The smallest absolute Gasteiger partial charge is 0.103 e. The summed E-state index contributed by atoms with van der Waals surface area (Å²) in [6.45, 7) is 13.4. The molecule has 3 nitrogen and oxygen atoms in total. The van der Waals surface area contributed by atoms with E-state index in [0.717, 1.165) is 38.3 Å². The maximum absolute atomic E-state index is 4.43. The van der Waals surface area contributed by atoms with Crippen molar-refractivity contribution < 1.29 is 0 Å². The summed E-state index contributed by atoms with van der Waals surface area (Å²) in [7, 11) is 0. The quantitative estimate of drug-likeness (QED) is 0.646. The van der Waals surface area contributed by atoms with Gasteiger partial charge in [0.15, 0.2) is 0 Å². The summed E-state index contributed by atoms with van der Waals surface area (Å²) in [4.78, 5) is 6.73. The number of allylic oxidation sites excluding steroid dienone is 1. The van der Waals surface area contributed by atoms with E-state index in [4.69, 9.17) is 0 Å². The first-order valence-electron chi connectivity index (χ1n) is 5.02. The number of hydrogen-bond acceptors (Lipinski definition) is 3. The molecule has 1 aliphatic heterocycles. The van der Waals surface area contributed by atoms with Gasteiger partial charge in [-0.1, -0.05) is 12.7 Å². The highest BCUT2D eigenvalue weighted by atomic mass is 15.2. The van der Waals surface area contributed by atoms with Gasteiger partial charge in [-0.3, -0.25) is 4.99 Å². The van der Waals surface area contributed by atoms with Gasteiger partial charge in [0, 0.05) is 31.8 Å². The van der Waals surface area contributed by atoms with Gasteiger partial charge >= 0.3 is 0 Å². The first-order valence-corrected chi connectivity index (χ1v) is 5.02. The van der Waals surface area contributed by atoms with E-state index in [0.29, 0.717) is 0 Å². The molecule has 0 saturated heterocycles. The second-order valence-corrected chi connectivity index (χ2v) is 3.48. The van der Waals surface area contributed by atoms with E-state index in [1.165, 1.54) is 5.84 Å². The van der Waals surface area contributed by atoms with Gasteiger partial charge in [0.2, 0.25) is 0 Å². The molecule has 0 saturated carbocycles. The van der Waals surface area contributed by atoms with Gasteiger partial charge < -0.3 is 10.2 Å². The molecule has 0 bridgehead atoms. The minimum atomic E-state index is 0.882. The van der Waals surface area contributed by atoms with Crippen LogP contribution in [0.4, 0.5) is 0 Å². The zero-order valence-corrected chi connectivity index (χ0v) is 8.92. The zero-order chi connectivity index (χ0) is 10.4. The highest BCUT2D eigenvalue weighted by Gasteiger charge is 2.14. The number of hydrogen-bond donors (Lipinski definition) is 1. The van der Waals surface area contributed by atoms with E-state index in [1.54, 1.807) is 0 Å². The molecule has 0 unspecified atom stereocenters. The van der Waals surface area contributed by atoms with E-state index in [-0.39, 0.29) is 0 Å². The average molecular weight is 193 g/mol. The molecular formula is C11H19N3. The Hall–Kier alpha value is -1.25. The fourth-order valence-corrected chi connectivity index (χ4v) is 1.50. The van der Waals surface area contributed by atoms with Crippen LogP contribution in [0.15, 0.2) is 29.9 Å². The Labute approximate surface area is 86.2 Å². The van der Waals surface area contributed by atoms with Gasteiger partial charge in [-0.2, -0.15) is 0 Å². The van der Waals surface area contributed by atoms with Gasteiger partial charge in [0.25, 0.3) is 0 Å². The molecule has 78 valence electrons. The second-order valence-electron chi connectivity index (χ2n) is 3.48. The molecule has 0 aromatic heterocycles. The Morgan fingerprint density at radius 2 is 2.50 bits per heavy atom. The minimum Gasteiger partial charge on any atom is -0.387 e. The predicted molar refractivity (Wildman–Crippen MR) is 61.5 cm³/mol. The van der Waals surface area contributed by atoms with Crippen LogP contribution in [0.1, 0.15) is 13.3 Å². The van der Waals surface area contributed by atoms with Crippen molar-refractivity contribution in [2.24, 2.45) is 4.99 Å². The van der Waals surface area contributed by atoms with Crippen molar-refractivity contribution in [3.63, 3.8) is 0 Å². The van der Waals surface area contributed by atoms with Gasteiger partial charge in [0.05, 0.1) is 6.54 Å². The molecule has 14 heavy (non-hydrogen) atoms. The van der Waals surface area contributed by atoms with Crippen LogP contribution in [0.25, 0.3) is 0 Å². The van der Waals surface area contributed by atoms with Crippen LogP contribution in [-0.2, 0) is 0 Å². The van der Waals surface area contributed by atoms with Gasteiger partial charge in [-0.25, -0.2) is 0 Å². The Morgan fingerprint density at radius 3 is 3.14 bits per heavy atom. The lowest BCUT2D eigenvalue weighted by molar-refractivity contribution is 0.448. The first kappa shape index (κ1) is 10.8. The number of nitrogens with zero attached hydrogens (tertiary/aromatic N) is 2. The zero-order valence-electron chi connectivity index (χ0n) is 8.92. The summed E-state index contributed by atoms with van der Waals surface area (Å²) in [5.74, 6) is 1.17. The SMILES string of the molecule is C=CCC1=NCCN1CCNC(=C)C. The third-order valence-electron chi connectivity index (χ3n) is 2.16. The molecule has 0 amide bonds. The van der Waals surface area contributed by atoms with Gasteiger partial charge in [-0.05, 0) is 6.92 Å². The lowest BCUT2D eigenvalue weighted by atomic mass is 10.3. The molecule has 1 heterocycles. The molecule has 0 atom stereocenters. The van der Waals surface area contributed by atoms with E-state index in [2.05, 4.69) is 28.4 Å².